The second kappa shape index (κ2) is 6.35. The molecular formula is C16H24FN3. The Labute approximate surface area is 120 Å². The molecule has 0 bridgehead atoms. The first-order chi connectivity index (χ1) is 9.47. The van der Waals surface area contributed by atoms with Crippen molar-refractivity contribution >= 4 is 5.84 Å². The van der Waals surface area contributed by atoms with E-state index in [9.17, 15) is 4.39 Å². The molecule has 4 heteroatoms. The van der Waals surface area contributed by atoms with Gasteiger partial charge in [0.05, 0.1) is 0 Å². The van der Waals surface area contributed by atoms with Crippen molar-refractivity contribution in [2.24, 2.45) is 11.7 Å². The number of hydrogen-bond acceptors (Lipinski definition) is 2. The maximum atomic E-state index is 14.0. The Balaban J connectivity index is 2.03. The molecule has 2 unspecified atom stereocenters. The van der Waals surface area contributed by atoms with Crippen molar-refractivity contribution < 1.29 is 4.39 Å². The molecular weight excluding hydrogens is 253 g/mol. The third kappa shape index (κ3) is 3.57. The van der Waals surface area contributed by atoms with Crippen LogP contribution in [0.1, 0.15) is 43.7 Å². The molecule has 2 atom stereocenters. The number of nitrogen functional groups attached to an aromatic ring is 1. The number of nitrogens with one attached hydrogen (secondary N) is 1. The van der Waals surface area contributed by atoms with E-state index in [4.69, 9.17) is 11.1 Å². The van der Waals surface area contributed by atoms with E-state index in [1.165, 1.54) is 31.7 Å². The zero-order valence-corrected chi connectivity index (χ0v) is 12.3. The standard InChI is InChI=1S/C16H24FN3/c1-11-4-3-5-14(8-11)20(2)10-13-7-6-12(16(18)19)9-15(13)17/h6-7,9,11,14H,3-5,8,10H2,1-2H3,(H3,18,19). The molecule has 3 N–H and O–H groups in total. The maximum absolute atomic E-state index is 14.0. The second-order valence-corrected chi connectivity index (χ2v) is 6.06. The van der Waals surface area contributed by atoms with Gasteiger partial charge in [0.15, 0.2) is 0 Å². The van der Waals surface area contributed by atoms with Gasteiger partial charge in [0.25, 0.3) is 0 Å². The van der Waals surface area contributed by atoms with Crippen molar-refractivity contribution in [1.29, 1.82) is 5.41 Å². The van der Waals surface area contributed by atoms with E-state index in [-0.39, 0.29) is 11.7 Å². The fourth-order valence-corrected chi connectivity index (χ4v) is 3.04. The van der Waals surface area contributed by atoms with Gasteiger partial charge in [0.1, 0.15) is 11.7 Å². The Bertz CT molecular complexity index is 487. The van der Waals surface area contributed by atoms with E-state index < -0.39 is 0 Å². The molecule has 1 aromatic rings. The minimum atomic E-state index is -0.270. The molecule has 1 saturated carbocycles. The van der Waals surface area contributed by atoms with Crippen molar-refractivity contribution in [2.45, 2.75) is 45.2 Å². The summed E-state index contributed by atoms with van der Waals surface area (Å²) in [4.78, 5) is 2.25. The minimum absolute atomic E-state index is 0.0927. The molecule has 20 heavy (non-hydrogen) atoms. The number of halogens is 1. The summed E-state index contributed by atoms with van der Waals surface area (Å²) in [5.74, 6) is 0.402. The maximum Gasteiger partial charge on any atom is 0.128 e. The topological polar surface area (TPSA) is 53.1 Å². The van der Waals surface area contributed by atoms with Crippen LogP contribution in [0.4, 0.5) is 4.39 Å². The lowest BCUT2D eigenvalue weighted by Crippen LogP contribution is -2.35. The number of hydrogen-bond donors (Lipinski definition) is 2. The number of amidine groups is 1. The fraction of sp³-hybridized carbons (Fsp3) is 0.562. The van der Waals surface area contributed by atoms with E-state index in [2.05, 4.69) is 18.9 Å². The van der Waals surface area contributed by atoms with Crippen molar-refractivity contribution in [1.82, 2.24) is 4.90 Å². The summed E-state index contributed by atoms with van der Waals surface area (Å²) in [6, 6.07) is 5.37. The second-order valence-electron chi connectivity index (χ2n) is 6.06. The highest BCUT2D eigenvalue weighted by Gasteiger charge is 2.22. The van der Waals surface area contributed by atoms with Crippen molar-refractivity contribution in [3.05, 3.63) is 35.1 Å². The average molecular weight is 277 g/mol. The van der Waals surface area contributed by atoms with E-state index >= 15 is 0 Å². The van der Waals surface area contributed by atoms with Crippen LogP contribution in [0.15, 0.2) is 18.2 Å². The summed E-state index contributed by atoms with van der Waals surface area (Å²) in [7, 11) is 2.07. The van der Waals surface area contributed by atoms with Crippen LogP contribution in [0.2, 0.25) is 0 Å². The number of benzene rings is 1. The van der Waals surface area contributed by atoms with Crippen molar-refractivity contribution in [3.63, 3.8) is 0 Å². The molecule has 2 rings (SSSR count). The quantitative estimate of drug-likeness (QED) is 0.656. The van der Waals surface area contributed by atoms with E-state index in [1.807, 2.05) is 0 Å². The van der Waals surface area contributed by atoms with Gasteiger partial charge < -0.3 is 5.73 Å². The van der Waals surface area contributed by atoms with Gasteiger partial charge in [-0.3, -0.25) is 10.3 Å². The Kier molecular flexibility index (Phi) is 4.76. The lowest BCUT2D eigenvalue weighted by Gasteiger charge is -2.34. The van der Waals surface area contributed by atoms with Gasteiger partial charge in [-0.15, -0.1) is 0 Å². The summed E-state index contributed by atoms with van der Waals surface area (Å²) in [6.45, 7) is 2.91. The van der Waals surface area contributed by atoms with E-state index in [0.29, 0.717) is 23.7 Å². The summed E-state index contributed by atoms with van der Waals surface area (Å²) in [5.41, 5.74) is 6.49. The summed E-state index contributed by atoms with van der Waals surface area (Å²) in [6.07, 6.45) is 4.98. The largest absolute Gasteiger partial charge is 0.384 e. The van der Waals surface area contributed by atoms with Gasteiger partial charge in [-0.2, -0.15) is 0 Å². The van der Waals surface area contributed by atoms with Crippen LogP contribution in [0.3, 0.4) is 0 Å². The number of nitrogens with zero attached hydrogens (tertiary/aromatic N) is 1. The van der Waals surface area contributed by atoms with Crippen molar-refractivity contribution in [3.8, 4) is 0 Å². The predicted octanol–water partition coefficient (Wildman–Crippen LogP) is 3.12. The van der Waals surface area contributed by atoms with Crippen LogP contribution in [0.5, 0.6) is 0 Å². The average Bonchev–Trinajstić information content (AvgIpc) is 2.40. The Hall–Kier alpha value is -1.42. The lowest BCUT2D eigenvalue weighted by molar-refractivity contribution is 0.156. The van der Waals surface area contributed by atoms with Crippen LogP contribution in [-0.2, 0) is 6.54 Å². The van der Waals surface area contributed by atoms with E-state index in [0.717, 1.165) is 5.92 Å². The van der Waals surface area contributed by atoms with Gasteiger partial charge in [0.2, 0.25) is 0 Å². The number of nitrogens with two attached hydrogens (primary N) is 1. The van der Waals surface area contributed by atoms with Gasteiger partial charge >= 0.3 is 0 Å². The molecule has 0 aromatic heterocycles. The highest BCUT2D eigenvalue weighted by molar-refractivity contribution is 5.94. The first-order valence-corrected chi connectivity index (χ1v) is 7.30. The molecule has 1 aromatic carbocycles. The summed E-state index contributed by atoms with van der Waals surface area (Å²) < 4.78 is 14.0. The van der Waals surface area contributed by atoms with Gasteiger partial charge in [0, 0.05) is 23.7 Å². The fourth-order valence-electron chi connectivity index (χ4n) is 3.04. The SMILES string of the molecule is CC1CCCC(N(C)Cc2ccc(C(=N)N)cc2F)C1. The Morgan fingerprint density at radius 1 is 1.45 bits per heavy atom. The minimum Gasteiger partial charge on any atom is -0.384 e. The molecule has 0 saturated heterocycles. The van der Waals surface area contributed by atoms with Crippen LogP contribution in [0.25, 0.3) is 0 Å². The molecule has 0 radical (unpaired) electrons. The van der Waals surface area contributed by atoms with Crippen LogP contribution >= 0.6 is 0 Å². The molecule has 110 valence electrons. The molecule has 1 aliphatic rings. The normalized spacial score (nSPS) is 23.0. The highest BCUT2D eigenvalue weighted by Crippen LogP contribution is 2.27. The van der Waals surface area contributed by atoms with Crippen LogP contribution in [-0.4, -0.2) is 23.8 Å². The zero-order chi connectivity index (χ0) is 14.7. The third-order valence-electron chi connectivity index (χ3n) is 4.32. The Morgan fingerprint density at radius 3 is 2.80 bits per heavy atom. The summed E-state index contributed by atoms with van der Waals surface area (Å²) in [5, 5.41) is 7.33. The number of rotatable bonds is 4. The zero-order valence-electron chi connectivity index (χ0n) is 12.3. The predicted molar refractivity (Wildman–Crippen MR) is 80.3 cm³/mol. The molecule has 3 nitrogen and oxygen atoms in total. The molecule has 0 heterocycles. The van der Waals surface area contributed by atoms with Gasteiger partial charge in [-0.05, 0) is 31.9 Å². The molecule has 1 aliphatic carbocycles. The molecule has 0 spiro atoms. The highest BCUT2D eigenvalue weighted by atomic mass is 19.1. The third-order valence-corrected chi connectivity index (χ3v) is 4.32. The first-order valence-electron chi connectivity index (χ1n) is 7.30. The van der Waals surface area contributed by atoms with Crippen LogP contribution < -0.4 is 5.73 Å². The lowest BCUT2D eigenvalue weighted by atomic mass is 9.86. The van der Waals surface area contributed by atoms with Crippen molar-refractivity contribution in [2.75, 3.05) is 7.05 Å². The van der Waals surface area contributed by atoms with E-state index in [1.54, 1.807) is 12.1 Å². The molecule has 0 aliphatic heterocycles. The van der Waals surface area contributed by atoms with Gasteiger partial charge in [-0.25, -0.2) is 4.39 Å². The molecule has 1 fully saturated rings. The molecule has 0 amide bonds. The smallest absolute Gasteiger partial charge is 0.128 e. The Morgan fingerprint density at radius 2 is 2.20 bits per heavy atom. The van der Waals surface area contributed by atoms with Crippen LogP contribution in [0, 0.1) is 17.1 Å². The monoisotopic (exact) mass is 277 g/mol. The summed E-state index contributed by atoms with van der Waals surface area (Å²) >= 11 is 0. The first kappa shape index (κ1) is 15.0. The van der Waals surface area contributed by atoms with Gasteiger partial charge in [-0.1, -0.05) is 31.9 Å².